The molecule has 0 bridgehead atoms. The van der Waals surface area contributed by atoms with Gasteiger partial charge in [-0.05, 0) is 141 Å². The van der Waals surface area contributed by atoms with Crippen molar-refractivity contribution in [3.05, 3.63) is 124 Å². The molecule has 10 heterocycles. The number of aliphatic hydroxyl groups excluding tert-OH is 1. The van der Waals surface area contributed by atoms with E-state index in [2.05, 4.69) is 127 Å². The van der Waals surface area contributed by atoms with Gasteiger partial charge >= 0.3 is 59.1 Å². The predicted octanol–water partition coefficient (Wildman–Crippen LogP) is 5.83. The van der Waals surface area contributed by atoms with E-state index in [0.29, 0.717) is 29.6 Å². The Labute approximate surface area is 578 Å². The Balaban J connectivity index is 0. The van der Waals surface area contributed by atoms with E-state index in [4.69, 9.17) is 79.3 Å². The average molecular weight is 1310 g/mol. The number of hydrogen-bond acceptors (Lipinski definition) is 16. The van der Waals surface area contributed by atoms with Gasteiger partial charge in [0.25, 0.3) is 0 Å². The molecule has 0 aromatic carbocycles. The first kappa shape index (κ1) is 80.5. The van der Waals surface area contributed by atoms with E-state index in [1.807, 2.05) is 26.0 Å². The van der Waals surface area contributed by atoms with Gasteiger partial charge in [-0.3, -0.25) is 0 Å². The Morgan fingerprint density at radius 2 is 0.867 bits per heavy atom. The van der Waals surface area contributed by atoms with E-state index in [0.717, 1.165) is 168 Å². The number of nitrogens with zero attached hydrogens (tertiary/aromatic N) is 8. The van der Waals surface area contributed by atoms with E-state index in [1.165, 1.54) is 59.9 Å². The number of aliphatic hydroxyl groups is 1. The van der Waals surface area contributed by atoms with Crippen LogP contribution in [-0.4, -0.2) is 108 Å². The maximum atomic E-state index is 9.09. The molecule has 83 heavy (non-hydrogen) atoms. The van der Waals surface area contributed by atoms with E-state index in [9.17, 15) is 0 Å². The van der Waals surface area contributed by atoms with Crippen molar-refractivity contribution in [2.24, 2.45) is 5.73 Å². The van der Waals surface area contributed by atoms with E-state index < -0.39 is 9.23 Å². The van der Waals surface area contributed by atoms with Crippen LogP contribution in [0.25, 0.3) is 0 Å². The van der Waals surface area contributed by atoms with Crippen LogP contribution in [0, 0.1) is 23.2 Å². The third-order valence-electron chi connectivity index (χ3n) is 12.6. The first-order valence-electron chi connectivity index (χ1n) is 27.3. The summed E-state index contributed by atoms with van der Waals surface area (Å²) < 4.78 is 10.8. The molecule has 0 saturated heterocycles. The van der Waals surface area contributed by atoms with Crippen molar-refractivity contribution >= 4 is 125 Å². The molecule has 5 aliphatic heterocycles. The van der Waals surface area contributed by atoms with Crippen LogP contribution in [0.15, 0.2) is 60.7 Å². The molecule has 0 atom stereocenters. The van der Waals surface area contributed by atoms with Crippen LogP contribution in [0.4, 0.5) is 29.1 Å². The van der Waals surface area contributed by atoms with E-state index in [-0.39, 0.29) is 80.6 Å². The fourth-order valence-electron chi connectivity index (χ4n) is 8.51. The van der Waals surface area contributed by atoms with Crippen LogP contribution in [0.1, 0.15) is 117 Å². The van der Waals surface area contributed by atoms with Gasteiger partial charge in [-0.1, -0.05) is 56.4 Å². The average Bonchev–Trinajstić information content (AvgIpc) is 3.59. The Kier molecular flexibility index (Phi) is 48.0. The zero-order chi connectivity index (χ0) is 58.3. The molecule has 10 rings (SSSR count). The summed E-state index contributed by atoms with van der Waals surface area (Å²) in [4.78, 5) is 23.1. The summed E-state index contributed by atoms with van der Waals surface area (Å²) in [5, 5.41) is 40.0. The molecule has 0 unspecified atom stereocenters. The number of halogens is 5. The minimum Gasteiger partial charge on any atom is -1.00 e. The zero-order valence-corrected chi connectivity index (χ0v) is 59.0. The molecule has 0 fully saturated rings. The summed E-state index contributed by atoms with van der Waals surface area (Å²) in [6.45, 7) is 16.0. The zero-order valence-electron chi connectivity index (χ0n) is 49.6. The van der Waals surface area contributed by atoms with Gasteiger partial charge in [0.15, 0.2) is 0 Å². The predicted molar refractivity (Wildman–Crippen MR) is 349 cm³/mol. The Morgan fingerprint density at radius 3 is 1.10 bits per heavy atom. The normalized spacial score (nSPS) is 13.0. The summed E-state index contributed by atoms with van der Waals surface area (Å²) in [7, 11) is 7.36. The standard InChI is InChI=1S/C11H15N3S.C11H13N3.2C10H13ClN2.C10H14N2O.C4H10ClN.CN.Cl2OS.2Na.H2S.H/c12-10(15)6-5-9-4-3-8-2-1-7-13-11(8)14-9;12-7-1-4-10-6-5-9-3-2-8-13-11(9)14-10;2*11-6-5-9-4-3-8-2-1-7-12-10(8)13-9;13-7-5-9-4-3-8-2-1-6-11-10(8)12-9;1-3-6(5)4-2;1-2;1-4(2)3;;;;/h3-4H,1-2,5-7H2,(H2,12,15)(H,13,14);5-6H,1-4,8H2,(H,13,14);2*3-4H,1-2,5-7H2,(H,12,13);3-4,13H,1-2,5-7H2,(H,11,12);3-4H2,1-2H3;;;;;1H2;/q;;;;;;-1;;2*+1;;-1. The van der Waals surface area contributed by atoms with Crippen molar-refractivity contribution in [3.8, 4) is 6.07 Å². The Hall–Kier alpha value is -2.51. The molecule has 8 N–H and O–H groups in total. The number of alkyl halides is 2. The van der Waals surface area contributed by atoms with Crippen molar-refractivity contribution in [1.29, 1.82) is 10.5 Å². The van der Waals surface area contributed by atoms with E-state index in [1.54, 1.807) is 4.42 Å². The van der Waals surface area contributed by atoms with Crippen LogP contribution in [0.2, 0.25) is 0 Å². The maximum absolute atomic E-state index is 9.09. The topological polar surface area (TPSA) is 239 Å². The molecular formula is C57H81Cl5N14Na2O2S3. The van der Waals surface area contributed by atoms with Gasteiger partial charge in [-0.2, -0.15) is 18.8 Å². The molecule has 26 heteroatoms. The van der Waals surface area contributed by atoms with Gasteiger partial charge in [0, 0.05) is 153 Å². The summed E-state index contributed by atoms with van der Waals surface area (Å²) in [5.41, 5.74) is 17.3. The van der Waals surface area contributed by atoms with Crippen molar-refractivity contribution in [3.63, 3.8) is 0 Å². The SMILES string of the molecule is CCN(Cl)CC.ClCCc1ccc2c(n1)NCCC2.ClCCc1ccc2c(n1)NCCC2.N#CCCc1ccc2c(n1)NCCC2.NC(=S)CCc1ccc2c(n1)NCCC2.O=S(Cl)Cl.OCCc1ccc2c(n1)NCCC2.S.[C-]#N.[H-].[Na+].[Na+]. The fourth-order valence-corrected chi connectivity index (χ4v) is 9.00. The maximum Gasteiger partial charge on any atom is 1.00 e. The molecule has 0 spiro atoms. The second-order valence-electron chi connectivity index (χ2n) is 18.5. The number of nitrogens with one attached hydrogen (secondary N) is 5. The molecule has 0 amide bonds. The molecule has 0 aliphatic carbocycles. The van der Waals surface area contributed by atoms with Gasteiger partial charge in [-0.25, -0.2) is 33.5 Å². The van der Waals surface area contributed by atoms with Crippen molar-refractivity contribution in [2.75, 3.05) is 90.8 Å². The summed E-state index contributed by atoms with van der Waals surface area (Å²) in [6, 6.07) is 23.1. The number of hydrogen-bond donors (Lipinski definition) is 7. The van der Waals surface area contributed by atoms with Crippen molar-refractivity contribution in [1.82, 2.24) is 29.3 Å². The van der Waals surface area contributed by atoms with Gasteiger partial charge in [0.05, 0.1) is 11.1 Å². The molecule has 16 nitrogen and oxygen atoms in total. The summed E-state index contributed by atoms with van der Waals surface area (Å²) in [5.74, 6) is 6.49. The van der Waals surface area contributed by atoms with Crippen LogP contribution in [0.5, 0.6) is 0 Å². The first-order valence-corrected chi connectivity index (χ1v) is 31.9. The second-order valence-corrected chi connectivity index (χ2v) is 22.7. The number of nitrogens with two attached hydrogens (primary N) is 1. The van der Waals surface area contributed by atoms with Gasteiger partial charge in [0.1, 0.15) is 29.1 Å². The molecular weight excluding hydrogens is 1230 g/mol. The van der Waals surface area contributed by atoms with Crippen molar-refractivity contribution < 1.29 is 69.9 Å². The number of pyridine rings is 5. The molecule has 446 valence electrons. The minimum atomic E-state index is -1.67. The number of anilines is 5. The molecule has 5 aromatic heterocycles. The molecule has 5 aliphatic rings. The monoisotopic (exact) mass is 1310 g/mol. The molecule has 5 aromatic rings. The van der Waals surface area contributed by atoms with E-state index >= 15 is 0 Å². The quantitative estimate of drug-likeness (QED) is 0.0183. The van der Waals surface area contributed by atoms with Crippen LogP contribution in [-0.2, 0) is 73.4 Å². The van der Waals surface area contributed by atoms with Crippen LogP contribution < -0.4 is 91.4 Å². The number of thiocarbonyl (C=S) groups is 1. The Bertz CT molecular complexity index is 2560. The van der Waals surface area contributed by atoms with Crippen LogP contribution in [0.3, 0.4) is 0 Å². The third-order valence-corrected chi connectivity index (χ3v) is 13.7. The van der Waals surface area contributed by atoms with Gasteiger partial charge in [-0.15, -0.1) is 23.2 Å². The minimum absolute atomic E-state index is 0. The van der Waals surface area contributed by atoms with Crippen LogP contribution >= 0.6 is 82.1 Å². The Morgan fingerprint density at radius 1 is 0.602 bits per heavy atom. The number of aryl methyl sites for hydroxylation is 9. The number of rotatable bonds is 13. The number of aromatic nitrogens is 5. The molecule has 0 radical (unpaired) electrons. The number of nitriles is 1. The van der Waals surface area contributed by atoms with Gasteiger partial charge in [0.2, 0.25) is 9.23 Å². The van der Waals surface area contributed by atoms with Gasteiger partial charge < -0.3 is 50.7 Å². The smallest absolute Gasteiger partial charge is 1.00 e. The summed E-state index contributed by atoms with van der Waals surface area (Å²) in [6.07, 6.45) is 16.9. The summed E-state index contributed by atoms with van der Waals surface area (Å²) >= 11 is 21.7. The second kappa shape index (κ2) is 49.5. The third kappa shape index (κ3) is 33.4. The van der Waals surface area contributed by atoms with Crippen molar-refractivity contribution in [2.45, 2.75) is 123 Å². The fraction of sp³-hybridized carbons (Fsp3) is 0.509. The number of fused-ring (bicyclic) bond motifs is 5. The largest absolute Gasteiger partial charge is 1.00 e. The first-order chi connectivity index (χ1) is 38.9. The molecule has 0 saturated carbocycles.